The van der Waals surface area contributed by atoms with E-state index in [0.717, 1.165) is 25.7 Å². The van der Waals surface area contributed by atoms with Crippen molar-refractivity contribution in [1.82, 2.24) is 46.6 Å². The summed E-state index contributed by atoms with van der Waals surface area (Å²) in [5, 5.41) is 30.4. The fourth-order valence-electron chi connectivity index (χ4n) is 14.1. The van der Waals surface area contributed by atoms with Crippen molar-refractivity contribution in [1.29, 1.82) is 0 Å². The fourth-order valence-corrected chi connectivity index (χ4v) is 14.1. The predicted octanol–water partition coefficient (Wildman–Crippen LogP) is 6.20. The number of nitrogens with one attached hydrogen (secondary N) is 7. The number of nitrogens with zero attached hydrogens (tertiary/aromatic N) is 3. The minimum absolute atomic E-state index is 0.0499. The van der Waals surface area contributed by atoms with Crippen molar-refractivity contribution in [2.24, 2.45) is 53.1 Å². The van der Waals surface area contributed by atoms with E-state index in [2.05, 4.69) is 49.1 Å². The lowest BCUT2D eigenvalue weighted by Crippen LogP contribution is -2.60. The van der Waals surface area contributed by atoms with Gasteiger partial charge in [0.25, 0.3) is 0 Å². The number of methoxy groups -OCH3 is 2. The molecule has 1 heterocycles. The Morgan fingerprint density at radius 1 is 0.664 bits per heavy atom. The molecule has 10 N–H and O–H groups in total. The summed E-state index contributed by atoms with van der Waals surface area (Å²) in [4.78, 5) is 140. The number of anilines is 1. The van der Waals surface area contributed by atoms with Crippen molar-refractivity contribution in [3.63, 3.8) is 0 Å². The lowest BCUT2D eigenvalue weighted by Gasteiger charge is -2.41. The van der Waals surface area contributed by atoms with E-state index in [1.807, 2.05) is 32.0 Å². The Morgan fingerprint density at radius 3 is 1.88 bits per heavy atom. The zero-order valence-corrected chi connectivity index (χ0v) is 65.5. The number of hydrogen-bond acceptors (Lipinski definition) is 18. The van der Waals surface area contributed by atoms with Gasteiger partial charge in [0, 0.05) is 72.9 Å². The number of likely N-dealkylation sites (N-methyl/N-ethyl adjacent to an activating group) is 2. The maximum atomic E-state index is 14.9. The first kappa shape index (κ1) is 89.5. The molecule has 5 rings (SSSR count). The van der Waals surface area contributed by atoms with Crippen molar-refractivity contribution in [3.8, 4) is 11.8 Å². The second kappa shape index (κ2) is 46.3. The summed E-state index contributed by atoms with van der Waals surface area (Å²) in [7, 11) is 6.09. The molecule has 0 aromatic heterocycles. The molecule has 0 bridgehead atoms. The van der Waals surface area contributed by atoms with Crippen LogP contribution in [-0.4, -0.2) is 228 Å². The van der Waals surface area contributed by atoms with Gasteiger partial charge in [-0.05, 0) is 110 Å². The summed E-state index contributed by atoms with van der Waals surface area (Å²) in [5.74, 6) is 2.63. The quantitative estimate of drug-likeness (QED) is 0.0263. The first-order valence-corrected chi connectivity index (χ1v) is 38.0. The van der Waals surface area contributed by atoms with Crippen LogP contribution >= 0.6 is 0 Å². The highest BCUT2D eigenvalue weighted by atomic mass is 16.6. The molecule has 2 aliphatic carbocycles. The number of aliphatic hydroxyl groups excluding tert-OH is 1. The van der Waals surface area contributed by atoms with Gasteiger partial charge in [-0.2, -0.15) is 0 Å². The summed E-state index contributed by atoms with van der Waals surface area (Å²) < 4.78 is 39.9. The average molecular weight is 1500 g/mol. The molecule has 0 spiro atoms. The van der Waals surface area contributed by atoms with Gasteiger partial charge in [0.2, 0.25) is 41.4 Å². The molecular weight excluding hydrogens is 1380 g/mol. The summed E-state index contributed by atoms with van der Waals surface area (Å²) in [5.41, 5.74) is 6.80. The van der Waals surface area contributed by atoms with Crippen LogP contribution in [0.4, 0.5) is 20.1 Å². The molecule has 2 aromatic carbocycles. The summed E-state index contributed by atoms with van der Waals surface area (Å²) in [6.45, 7) is 20.5. The van der Waals surface area contributed by atoms with E-state index < -0.39 is 126 Å². The number of fused-ring (bicyclic) bond motifs is 1. The van der Waals surface area contributed by atoms with Crippen LogP contribution in [0.25, 0.3) is 0 Å². The maximum Gasteiger partial charge on any atom is 0.410 e. The number of rotatable bonds is 46. The Bertz CT molecular complexity index is 3190. The highest BCUT2D eigenvalue weighted by molar-refractivity contribution is 5.98. The van der Waals surface area contributed by atoms with Crippen LogP contribution < -0.4 is 43.0 Å². The van der Waals surface area contributed by atoms with Gasteiger partial charge in [-0.25, -0.2) is 14.4 Å². The van der Waals surface area contributed by atoms with Gasteiger partial charge < -0.3 is 91.0 Å². The molecule has 2 fully saturated rings. The van der Waals surface area contributed by atoms with Crippen LogP contribution in [0.1, 0.15) is 157 Å². The van der Waals surface area contributed by atoms with E-state index in [-0.39, 0.29) is 82.3 Å². The van der Waals surface area contributed by atoms with Gasteiger partial charge in [0.15, 0.2) is 0 Å². The van der Waals surface area contributed by atoms with E-state index in [1.54, 1.807) is 109 Å². The summed E-state index contributed by atoms with van der Waals surface area (Å²) >= 11 is 0. The highest BCUT2D eigenvalue weighted by Crippen LogP contribution is 2.52. The molecule has 107 heavy (non-hydrogen) atoms. The third kappa shape index (κ3) is 28.7. The Morgan fingerprint density at radius 2 is 1.29 bits per heavy atom. The van der Waals surface area contributed by atoms with Gasteiger partial charge in [-0.15, -0.1) is 11.8 Å². The first-order valence-electron chi connectivity index (χ1n) is 38.0. The van der Waals surface area contributed by atoms with E-state index in [4.69, 9.17) is 38.9 Å². The molecular formula is C78H123N11O18. The van der Waals surface area contributed by atoms with Crippen LogP contribution in [0, 0.1) is 59.2 Å². The number of primary amides is 1. The van der Waals surface area contributed by atoms with Gasteiger partial charge in [-0.3, -0.25) is 38.5 Å². The largest absolute Gasteiger partial charge is 0.449 e. The summed E-state index contributed by atoms with van der Waals surface area (Å²) in [6, 6.07) is 8.73. The molecule has 29 heteroatoms. The predicted molar refractivity (Wildman–Crippen MR) is 402 cm³/mol. The number of likely N-dealkylation sites (tertiary alicyclic amines) is 1. The van der Waals surface area contributed by atoms with Gasteiger partial charge in [0.1, 0.15) is 30.8 Å². The molecule has 29 nitrogen and oxygen atoms in total. The number of aliphatic hydroxyl groups is 1. The second-order valence-electron chi connectivity index (χ2n) is 29.3. The molecule has 3 aliphatic rings. The number of amides is 11. The van der Waals surface area contributed by atoms with Crippen LogP contribution in [0.5, 0.6) is 0 Å². The third-order valence-electron chi connectivity index (χ3n) is 20.5. The Hall–Kier alpha value is -8.14. The van der Waals surface area contributed by atoms with Crippen LogP contribution in [0.15, 0.2) is 54.6 Å². The molecule has 2 aromatic rings. The molecule has 11 amide bonds. The second-order valence-corrected chi connectivity index (χ2v) is 29.3. The minimum Gasteiger partial charge on any atom is -0.449 e. The van der Waals surface area contributed by atoms with Gasteiger partial charge in [0.05, 0.1) is 95.0 Å². The number of ether oxygens (including phenoxy) is 7. The van der Waals surface area contributed by atoms with Crippen molar-refractivity contribution in [2.75, 3.05) is 99.5 Å². The van der Waals surface area contributed by atoms with E-state index in [1.165, 1.54) is 26.2 Å². The number of carbonyl (C=O) groups excluding carboxylic acids is 10. The number of benzene rings is 2. The third-order valence-corrected chi connectivity index (χ3v) is 20.5. The molecule has 1 saturated heterocycles. The number of alkyl carbamates (subject to hydrolysis) is 1. The normalized spacial score (nSPS) is 19.1. The molecule has 598 valence electrons. The Kier molecular flexibility index (Phi) is 38.7. The molecule has 1 aliphatic heterocycles. The molecule has 2 unspecified atom stereocenters. The Labute approximate surface area is 632 Å². The maximum absolute atomic E-state index is 14.9. The fraction of sp³-hybridized carbons (Fsp3) is 0.692. The summed E-state index contributed by atoms with van der Waals surface area (Å²) in [6.07, 6.45) is 2.34. The monoisotopic (exact) mass is 1500 g/mol. The smallest absolute Gasteiger partial charge is 0.410 e. The Balaban J connectivity index is 1.08. The number of nitrogens with two attached hydrogens (primary N) is 1. The van der Waals surface area contributed by atoms with Gasteiger partial charge in [-0.1, -0.05) is 111 Å². The van der Waals surface area contributed by atoms with Gasteiger partial charge >= 0.3 is 18.2 Å². The lowest BCUT2D eigenvalue weighted by atomic mass is 9.89. The van der Waals surface area contributed by atoms with Crippen molar-refractivity contribution >= 4 is 65.3 Å². The zero-order chi connectivity index (χ0) is 78.9. The number of urea groups is 1. The SMILES string of the molecule is CC[C@H](C)[C@@H](C(CC(=O)N1CCC[C@H]1[C@H](OC)[C@@H](C)C(=O)N[C@H](C)[C@@H](O)c1ccccc1)OC)N(C)C(=O)[C@@H](NC(=O)[C@H](C(C)C)N(C)C(=O)OCc1ccc(NC(=O)[C@H](CCCNC(N)=O)NC(=O)[C@@H](NC(=O)CCOCCOCCOCCNC(=O)OCC2[C@H]3CCC#CCC[C@@H]23)C(C)C)cc1)C(C)C. The standard InChI is InChI=1S/C78H123N11O18/c1-15-51(8)68(62(101-13)45-64(91)89-38-24-30-61(89)70(102-14)52(9)71(93)82-53(10)69(92)55-25-19-18-20-26-55)87(11)75(97)66(49(4)5)86-74(96)67(50(6)7)88(12)78(100)107-46-54-31-33-56(34-32-54)83-72(94)60(29-23-36-80-76(79)98)84-73(95)65(48(2)3)85-63(90)35-39-103-41-43-105-44-42-104-40-37-81-77(99)106-47-59-57-27-21-16-17-22-28-58(57)59/h18-20,25-26,31-34,48-53,57-62,65-70,92H,15,21-24,27-30,35-47H2,1-14H3,(H,81,99)(H,82,93)(H,83,94)(H,84,95)(H,85,90)(H,86,96)(H3,79,80,98)/t51-,52+,53+,57-,58+,59?,60-,61-,62?,65-,66-,67-,68-,69+,70+/m0/s1. The number of carbonyl (C=O) groups is 10. The first-order chi connectivity index (χ1) is 51.0. The van der Waals surface area contributed by atoms with E-state index in [0.29, 0.717) is 93.3 Å². The minimum atomic E-state index is -1.12. The van der Waals surface area contributed by atoms with Crippen LogP contribution in [0.2, 0.25) is 0 Å². The number of hydrogen-bond donors (Lipinski definition) is 9. The van der Waals surface area contributed by atoms with Crippen molar-refractivity contribution in [3.05, 3.63) is 65.7 Å². The molecule has 1 saturated carbocycles. The van der Waals surface area contributed by atoms with Crippen molar-refractivity contribution in [2.45, 2.75) is 207 Å². The van der Waals surface area contributed by atoms with Crippen molar-refractivity contribution < 1.29 is 86.2 Å². The van der Waals surface area contributed by atoms with Crippen LogP contribution in [0.3, 0.4) is 0 Å². The topological polar surface area (TPSA) is 375 Å². The van der Waals surface area contributed by atoms with E-state index in [9.17, 15) is 53.1 Å². The molecule has 15 atom stereocenters. The molecule has 0 radical (unpaired) electrons. The zero-order valence-electron chi connectivity index (χ0n) is 65.5. The van der Waals surface area contributed by atoms with E-state index >= 15 is 0 Å². The average Bonchev–Trinajstić information content (AvgIpc) is 1.63. The highest BCUT2D eigenvalue weighted by Gasteiger charge is 2.50. The van der Waals surface area contributed by atoms with Crippen LogP contribution in [-0.2, 0) is 73.3 Å². The lowest BCUT2D eigenvalue weighted by molar-refractivity contribution is -0.148.